The van der Waals surface area contributed by atoms with Gasteiger partial charge < -0.3 is 0 Å². The minimum absolute atomic E-state index is 0.672. The van der Waals surface area contributed by atoms with Gasteiger partial charge in [0, 0.05) is 0 Å². The van der Waals surface area contributed by atoms with Crippen LogP contribution < -0.4 is 10.4 Å². The molecule has 0 atom stereocenters. The maximum atomic E-state index is 2.43. The van der Waals surface area contributed by atoms with Crippen molar-refractivity contribution in [1.82, 2.24) is 0 Å². The van der Waals surface area contributed by atoms with Crippen LogP contribution in [0.3, 0.4) is 0 Å². The molecule has 0 N–H and O–H groups in total. The second-order valence-electron chi connectivity index (χ2n) is 6.30. The Kier molecular flexibility index (Phi) is 5.38. The summed E-state index contributed by atoms with van der Waals surface area (Å²) in [6.07, 6.45) is 2.33. The predicted molar refractivity (Wildman–Crippen MR) is 97.3 cm³/mol. The third kappa shape index (κ3) is 4.19. The predicted octanol–water partition coefficient (Wildman–Crippen LogP) is 2.86. The summed E-state index contributed by atoms with van der Waals surface area (Å²) < 4.78 is 0. The van der Waals surface area contributed by atoms with Crippen molar-refractivity contribution in [3.8, 4) is 0 Å². The average Bonchev–Trinajstić information content (AvgIpc) is 2.45. The van der Waals surface area contributed by atoms with Gasteiger partial charge in [-0.2, -0.15) is 0 Å². The van der Waals surface area contributed by atoms with Crippen LogP contribution in [0.15, 0.2) is 48.5 Å². The molecular weight excluding hydrogens is 272 g/mol. The van der Waals surface area contributed by atoms with Crippen molar-refractivity contribution in [1.29, 1.82) is 0 Å². The molecule has 0 bridgehead atoms. The second kappa shape index (κ2) is 7.05. The van der Waals surface area contributed by atoms with Crippen LogP contribution >= 0.6 is 0 Å². The fraction of sp³-hybridized carbons (Fsp3) is 0.333. The van der Waals surface area contributed by atoms with Crippen LogP contribution in [0.1, 0.15) is 11.1 Å². The van der Waals surface area contributed by atoms with Crippen LogP contribution in [0.2, 0.25) is 26.2 Å². The van der Waals surface area contributed by atoms with Crippen LogP contribution in [0.25, 0.3) is 0 Å². The fourth-order valence-corrected chi connectivity index (χ4v) is 4.59. The van der Waals surface area contributed by atoms with E-state index in [1.807, 2.05) is 0 Å². The number of rotatable bonds is 5. The van der Waals surface area contributed by atoms with Gasteiger partial charge in [-0.05, 0) is 24.0 Å². The molecule has 106 valence electrons. The Labute approximate surface area is 127 Å². The molecule has 0 heterocycles. The van der Waals surface area contributed by atoms with E-state index in [2.05, 4.69) is 74.7 Å². The first-order chi connectivity index (χ1) is 9.56. The maximum absolute atomic E-state index is 2.43. The van der Waals surface area contributed by atoms with Crippen molar-refractivity contribution in [3.05, 3.63) is 59.7 Å². The van der Waals surface area contributed by atoms with E-state index >= 15 is 0 Å². The zero-order chi connectivity index (χ0) is 14.5. The van der Waals surface area contributed by atoms with E-state index in [0.717, 1.165) is 12.8 Å². The highest BCUT2D eigenvalue weighted by molar-refractivity contribution is 6.71. The lowest BCUT2D eigenvalue weighted by molar-refractivity contribution is 0.962. The van der Waals surface area contributed by atoms with Crippen LogP contribution in [0, 0.1) is 0 Å². The molecular formula is C18H26Si2. The first-order valence-electron chi connectivity index (χ1n) is 7.74. The Morgan fingerprint density at radius 2 is 1.05 bits per heavy atom. The molecule has 0 amide bonds. The molecule has 0 spiro atoms. The van der Waals surface area contributed by atoms with Gasteiger partial charge in [0.15, 0.2) is 0 Å². The van der Waals surface area contributed by atoms with E-state index in [4.69, 9.17) is 0 Å². The number of hydrogen-bond acceptors (Lipinski definition) is 0. The van der Waals surface area contributed by atoms with E-state index in [1.54, 1.807) is 10.4 Å². The summed E-state index contributed by atoms with van der Waals surface area (Å²) in [5.41, 5.74) is 2.99. The van der Waals surface area contributed by atoms with Crippen LogP contribution in [-0.4, -0.2) is 17.6 Å². The Morgan fingerprint density at radius 1 is 0.650 bits per heavy atom. The molecule has 20 heavy (non-hydrogen) atoms. The molecule has 0 radical (unpaired) electrons. The maximum Gasteiger partial charge on any atom is 0.0647 e. The van der Waals surface area contributed by atoms with Crippen molar-refractivity contribution in [2.45, 2.75) is 39.0 Å². The van der Waals surface area contributed by atoms with Gasteiger partial charge in [0.25, 0.3) is 0 Å². The Morgan fingerprint density at radius 3 is 1.40 bits per heavy atom. The summed E-state index contributed by atoms with van der Waals surface area (Å²) in [7, 11) is -1.34. The standard InChI is InChI=1S/C18H26Si2/c1-19(2)17-9-5-7-15(13-17)11-12-16-8-6-10-18(14-16)20(3)4/h5-10,13-14,19-20H,11-12H2,1-4H3. The topological polar surface area (TPSA) is 0 Å². The fourth-order valence-electron chi connectivity index (χ4n) is 2.50. The van der Waals surface area contributed by atoms with Crippen LogP contribution in [0.5, 0.6) is 0 Å². The monoisotopic (exact) mass is 298 g/mol. The van der Waals surface area contributed by atoms with E-state index in [9.17, 15) is 0 Å². The van der Waals surface area contributed by atoms with Crippen molar-refractivity contribution in [3.63, 3.8) is 0 Å². The molecule has 0 fully saturated rings. The van der Waals surface area contributed by atoms with E-state index in [1.165, 1.54) is 11.1 Å². The zero-order valence-corrected chi connectivity index (χ0v) is 15.5. The molecule has 0 aromatic heterocycles. The van der Waals surface area contributed by atoms with Crippen molar-refractivity contribution < 1.29 is 0 Å². The Hall–Kier alpha value is -1.13. The molecule has 0 aliphatic carbocycles. The molecule has 0 nitrogen and oxygen atoms in total. The summed E-state index contributed by atoms with van der Waals surface area (Å²) >= 11 is 0. The first-order valence-corrected chi connectivity index (χ1v) is 13.5. The van der Waals surface area contributed by atoms with Gasteiger partial charge in [-0.15, -0.1) is 0 Å². The van der Waals surface area contributed by atoms with Gasteiger partial charge >= 0.3 is 0 Å². The normalized spacial score (nSPS) is 11.3. The second-order valence-corrected chi connectivity index (χ2v) is 12.3. The van der Waals surface area contributed by atoms with Gasteiger partial charge in [0.2, 0.25) is 0 Å². The number of hydrogen-bond donors (Lipinski definition) is 0. The third-order valence-electron chi connectivity index (χ3n) is 3.94. The minimum atomic E-state index is -0.672. The van der Waals surface area contributed by atoms with E-state index < -0.39 is 17.6 Å². The van der Waals surface area contributed by atoms with Crippen LogP contribution in [0.4, 0.5) is 0 Å². The molecule has 2 heteroatoms. The van der Waals surface area contributed by atoms with Gasteiger partial charge in [0.1, 0.15) is 0 Å². The van der Waals surface area contributed by atoms with Gasteiger partial charge in [0.05, 0.1) is 17.6 Å². The lowest BCUT2D eigenvalue weighted by atomic mass is 10.0. The average molecular weight is 299 g/mol. The van der Waals surface area contributed by atoms with Crippen molar-refractivity contribution in [2.75, 3.05) is 0 Å². The lowest BCUT2D eigenvalue weighted by Crippen LogP contribution is -2.23. The quantitative estimate of drug-likeness (QED) is 0.745. The lowest BCUT2D eigenvalue weighted by Gasteiger charge is -2.09. The summed E-state index contributed by atoms with van der Waals surface area (Å²) in [5, 5.41) is 3.18. The highest BCUT2D eigenvalue weighted by Gasteiger charge is 2.04. The smallest absolute Gasteiger partial charge is 0.0647 e. The largest absolute Gasteiger partial charge is 0.0682 e. The van der Waals surface area contributed by atoms with E-state index in [0.29, 0.717) is 0 Å². The number of aryl methyl sites for hydroxylation is 2. The molecule has 0 unspecified atom stereocenters. The zero-order valence-electron chi connectivity index (χ0n) is 13.2. The molecule has 2 rings (SSSR count). The van der Waals surface area contributed by atoms with Crippen molar-refractivity contribution >= 4 is 28.0 Å². The third-order valence-corrected chi connectivity index (χ3v) is 7.32. The first kappa shape index (κ1) is 15.3. The molecule has 0 saturated carbocycles. The summed E-state index contributed by atoms with van der Waals surface area (Å²) in [6, 6.07) is 18.5. The molecule has 0 saturated heterocycles. The van der Waals surface area contributed by atoms with E-state index in [-0.39, 0.29) is 0 Å². The summed E-state index contributed by atoms with van der Waals surface area (Å²) in [6.45, 7) is 9.59. The van der Waals surface area contributed by atoms with Gasteiger partial charge in [-0.1, -0.05) is 85.1 Å². The Bertz CT molecular complexity index is 507. The highest BCUT2D eigenvalue weighted by atomic mass is 28.3. The minimum Gasteiger partial charge on any atom is -0.0682 e. The molecule has 0 aliphatic heterocycles. The summed E-state index contributed by atoms with van der Waals surface area (Å²) in [5.74, 6) is 0. The van der Waals surface area contributed by atoms with Gasteiger partial charge in [-0.3, -0.25) is 0 Å². The molecule has 2 aromatic carbocycles. The molecule has 2 aromatic rings. The Balaban J connectivity index is 2.05. The SMILES string of the molecule is C[SiH](C)c1cccc(CCc2cccc([SiH](C)C)c2)c1. The highest BCUT2D eigenvalue weighted by Crippen LogP contribution is 2.06. The van der Waals surface area contributed by atoms with Crippen LogP contribution in [-0.2, 0) is 12.8 Å². The number of benzene rings is 2. The summed E-state index contributed by atoms with van der Waals surface area (Å²) in [4.78, 5) is 0. The molecule has 0 aliphatic rings. The van der Waals surface area contributed by atoms with Gasteiger partial charge in [-0.25, -0.2) is 0 Å². The van der Waals surface area contributed by atoms with Crippen molar-refractivity contribution in [2.24, 2.45) is 0 Å².